The Morgan fingerprint density at radius 3 is 2.50 bits per heavy atom. The van der Waals surface area contributed by atoms with E-state index in [1.807, 2.05) is 24.3 Å². The van der Waals surface area contributed by atoms with Gasteiger partial charge in [0, 0.05) is 10.1 Å². The lowest BCUT2D eigenvalue weighted by Crippen LogP contribution is -2.44. The van der Waals surface area contributed by atoms with Crippen LogP contribution in [0.4, 0.5) is 0 Å². The van der Waals surface area contributed by atoms with Gasteiger partial charge < -0.3 is 10.4 Å². The van der Waals surface area contributed by atoms with Gasteiger partial charge in [-0.3, -0.25) is 4.79 Å². The number of fused-ring (bicyclic) bond motifs is 1. The Kier molecular flexibility index (Phi) is 4.30. The summed E-state index contributed by atoms with van der Waals surface area (Å²) in [6, 6.07) is 6.49. The van der Waals surface area contributed by atoms with Crippen molar-refractivity contribution in [2.24, 2.45) is 5.92 Å². The number of nitrogens with one attached hydrogen (secondary N) is 1. The van der Waals surface area contributed by atoms with Gasteiger partial charge in [0.2, 0.25) is 0 Å². The molecule has 0 spiro atoms. The van der Waals surface area contributed by atoms with Crippen LogP contribution in [0, 0.1) is 5.92 Å². The molecule has 0 aliphatic rings. The summed E-state index contributed by atoms with van der Waals surface area (Å²) in [6.45, 7) is 3.48. The maximum atomic E-state index is 12.2. The molecule has 1 aromatic carbocycles. The third-order valence-electron chi connectivity index (χ3n) is 2.96. The fourth-order valence-electron chi connectivity index (χ4n) is 1.88. The van der Waals surface area contributed by atoms with Gasteiger partial charge in [-0.25, -0.2) is 4.79 Å². The van der Waals surface area contributed by atoms with Gasteiger partial charge in [-0.2, -0.15) is 0 Å². The average molecular weight is 312 g/mol. The molecule has 1 aromatic heterocycles. The van der Waals surface area contributed by atoms with Crippen molar-refractivity contribution in [3.05, 3.63) is 34.2 Å². The second-order valence-corrected chi connectivity index (χ2v) is 6.20. The van der Waals surface area contributed by atoms with Crippen molar-refractivity contribution >= 4 is 44.9 Å². The first-order valence-electron chi connectivity index (χ1n) is 6.12. The van der Waals surface area contributed by atoms with Gasteiger partial charge in [0.05, 0.1) is 5.02 Å². The topological polar surface area (TPSA) is 66.4 Å². The summed E-state index contributed by atoms with van der Waals surface area (Å²) in [5.41, 5.74) is 0. The first-order valence-corrected chi connectivity index (χ1v) is 7.32. The van der Waals surface area contributed by atoms with Crippen LogP contribution >= 0.6 is 22.9 Å². The highest BCUT2D eigenvalue weighted by Gasteiger charge is 2.26. The van der Waals surface area contributed by atoms with Crippen molar-refractivity contribution in [1.29, 1.82) is 0 Å². The predicted octanol–water partition coefficient (Wildman–Crippen LogP) is 3.39. The minimum Gasteiger partial charge on any atom is -0.480 e. The van der Waals surface area contributed by atoms with E-state index in [1.165, 1.54) is 11.3 Å². The monoisotopic (exact) mass is 311 g/mol. The zero-order chi connectivity index (χ0) is 14.9. The molecular formula is C14H14ClNO3S. The van der Waals surface area contributed by atoms with Crippen molar-refractivity contribution in [3.8, 4) is 0 Å². The van der Waals surface area contributed by atoms with Crippen LogP contribution in [0.25, 0.3) is 10.1 Å². The van der Waals surface area contributed by atoms with Crippen molar-refractivity contribution in [2.45, 2.75) is 19.9 Å². The molecule has 2 rings (SSSR count). The van der Waals surface area contributed by atoms with E-state index in [-0.39, 0.29) is 5.92 Å². The molecule has 1 amide bonds. The second kappa shape index (κ2) is 5.81. The fraction of sp³-hybridized carbons (Fsp3) is 0.286. The third kappa shape index (κ3) is 2.78. The van der Waals surface area contributed by atoms with Gasteiger partial charge >= 0.3 is 5.97 Å². The highest BCUT2D eigenvalue weighted by atomic mass is 35.5. The number of benzene rings is 1. The Morgan fingerprint density at radius 2 is 1.95 bits per heavy atom. The SMILES string of the molecule is CC(C)[C@H](NC(=O)c1sc2ccccc2c1Cl)C(=O)O. The number of halogens is 1. The molecule has 4 nitrogen and oxygen atoms in total. The van der Waals surface area contributed by atoms with Crippen LogP contribution in [0.5, 0.6) is 0 Å². The second-order valence-electron chi connectivity index (χ2n) is 4.77. The predicted molar refractivity (Wildman–Crippen MR) is 80.6 cm³/mol. The maximum absolute atomic E-state index is 12.2. The van der Waals surface area contributed by atoms with Crippen LogP contribution in [-0.4, -0.2) is 23.0 Å². The molecule has 1 atom stereocenters. The molecular weight excluding hydrogens is 298 g/mol. The number of carbonyl (C=O) groups excluding carboxylic acids is 1. The summed E-state index contributed by atoms with van der Waals surface area (Å²) >= 11 is 7.46. The molecule has 20 heavy (non-hydrogen) atoms. The summed E-state index contributed by atoms with van der Waals surface area (Å²) in [5.74, 6) is -1.70. The first kappa shape index (κ1) is 14.8. The van der Waals surface area contributed by atoms with E-state index in [9.17, 15) is 9.59 Å². The van der Waals surface area contributed by atoms with Gasteiger partial charge in [-0.1, -0.05) is 43.6 Å². The number of thiophene rings is 1. The van der Waals surface area contributed by atoms with Gasteiger partial charge in [0.15, 0.2) is 0 Å². The number of aliphatic carboxylic acids is 1. The Hall–Kier alpha value is -1.59. The lowest BCUT2D eigenvalue weighted by atomic mass is 10.0. The molecule has 0 fully saturated rings. The number of carboxylic acids is 1. The van der Waals surface area contributed by atoms with Crippen LogP contribution in [0.3, 0.4) is 0 Å². The third-order valence-corrected chi connectivity index (χ3v) is 4.63. The fourth-order valence-corrected chi connectivity index (χ4v) is 3.30. The molecule has 0 saturated carbocycles. The van der Waals surface area contributed by atoms with Gasteiger partial charge in [0.1, 0.15) is 10.9 Å². The molecule has 0 aliphatic carbocycles. The molecule has 0 unspecified atom stereocenters. The Balaban J connectivity index is 2.32. The van der Waals surface area contributed by atoms with E-state index in [0.29, 0.717) is 9.90 Å². The van der Waals surface area contributed by atoms with Crippen LogP contribution in [0.1, 0.15) is 23.5 Å². The van der Waals surface area contributed by atoms with E-state index >= 15 is 0 Å². The van der Waals surface area contributed by atoms with Crippen LogP contribution in [0.15, 0.2) is 24.3 Å². The molecule has 1 heterocycles. The Labute approximate surface area is 125 Å². The van der Waals surface area contributed by atoms with E-state index in [0.717, 1.165) is 10.1 Å². The number of carboxylic acid groups (broad SMARTS) is 1. The van der Waals surface area contributed by atoms with Crippen molar-refractivity contribution < 1.29 is 14.7 Å². The molecule has 6 heteroatoms. The number of rotatable bonds is 4. The average Bonchev–Trinajstić information content (AvgIpc) is 2.73. The highest BCUT2D eigenvalue weighted by molar-refractivity contribution is 7.21. The number of carbonyl (C=O) groups is 2. The smallest absolute Gasteiger partial charge is 0.326 e. The van der Waals surface area contributed by atoms with E-state index in [2.05, 4.69) is 5.32 Å². The van der Waals surface area contributed by atoms with Gasteiger partial charge in [-0.15, -0.1) is 11.3 Å². The number of hydrogen-bond donors (Lipinski definition) is 2. The summed E-state index contributed by atoms with van der Waals surface area (Å²) in [4.78, 5) is 23.7. The minimum absolute atomic E-state index is 0.204. The molecule has 0 saturated heterocycles. The zero-order valence-corrected chi connectivity index (χ0v) is 12.6. The van der Waals surface area contributed by atoms with Gasteiger partial charge in [0.25, 0.3) is 5.91 Å². The molecule has 106 valence electrons. The minimum atomic E-state index is -1.05. The molecule has 2 aromatic rings. The molecule has 0 bridgehead atoms. The van der Waals surface area contributed by atoms with Gasteiger partial charge in [-0.05, 0) is 12.0 Å². The molecule has 2 N–H and O–H groups in total. The van der Waals surface area contributed by atoms with Crippen LogP contribution in [0.2, 0.25) is 5.02 Å². The maximum Gasteiger partial charge on any atom is 0.326 e. The van der Waals surface area contributed by atoms with Crippen molar-refractivity contribution in [2.75, 3.05) is 0 Å². The highest BCUT2D eigenvalue weighted by Crippen LogP contribution is 2.35. The summed E-state index contributed by atoms with van der Waals surface area (Å²) in [5, 5.41) is 12.8. The summed E-state index contributed by atoms with van der Waals surface area (Å²) in [6.07, 6.45) is 0. The zero-order valence-electron chi connectivity index (χ0n) is 11.0. The number of hydrogen-bond acceptors (Lipinski definition) is 3. The van der Waals surface area contributed by atoms with Crippen molar-refractivity contribution in [1.82, 2.24) is 5.32 Å². The Morgan fingerprint density at radius 1 is 1.30 bits per heavy atom. The first-order chi connectivity index (χ1) is 9.41. The summed E-state index contributed by atoms with van der Waals surface area (Å²) < 4.78 is 0.902. The lowest BCUT2D eigenvalue weighted by molar-refractivity contribution is -0.140. The standard InChI is InChI=1S/C14H14ClNO3S/c1-7(2)11(14(18)19)16-13(17)12-10(15)8-5-3-4-6-9(8)20-12/h3-7,11H,1-2H3,(H,16,17)(H,18,19)/t11-/m0/s1. The van der Waals surface area contributed by atoms with E-state index < -0.39 is 17.9 Å². The summed E-state index contributed by atoms with van der Waals surface area (Å²) in [7, 11) is 0. The van der Waals surface area contributed by atoms with Crippen LogP contribution < -0.4 is 5.32 Å². The van der Waals surface area contributed by atoms with Crippen LogP contribution in [-0.2, 0) is 4.79 Å². The lowest BCUT2D eigenvalue weighted by Gasteiger charge is -2.17. The normalized spacial score (nSPS) is 12.6. The largest absolute Gasteiger partial charge is 0.480 e. The quantitative estimate of drug-likeness (QED) is 0.909. The van der Waals surface area contributed by atoms with E-state index in [1.54, 1.807) is 13.8 Å². The van der Waals surface area contributed by atoms with E-state index in [4.69, 9.17) is 16.7 Å². The Bertz CT molecular complexity index is 665. The molecule has 0 radical (unpaired) electrons. The van der Waals surface area contributed by atoms with Crippen molar-refractivity contribution in [3.63, 3.8) is 0 Å². The number of amides is 1. The molecule has 0 aliphatic heterocycles.